The van der Waals surface area contributed by atoms with Crippen LogP contribution in [0.2, 0.25) is 0 Å². The number of aliphatic hydroxyl groups excluding tert-OH is 1. The van der Waals surface area contributed by atoms with Gasteiger partial charge in [-0.05, 0) is 35.7 Å². The largest absolute Gasteiger partial charge is 0.392 e. The maximum atomic E-state index is 13.9. The highest BCUT2D eigenvalue weighted by Crippen LogP contribution is 2.32. The van der Waals surface area contributed by atoms with Crippen LogP contribution in [0, 0.1) is 12.7 Å². The highest BCUT2D eigenvalue weighted by Gasteiger charge is 2.17. The molecule has 3 aromatic rings. The van der Waals surface area contributed by atoms with Crippen LogP contribution in [0.1, 0.15) is 26.4 Å². The molecule has 0 unspecified atom stereocenters. The van der Waals surface area contributed by atoms with Crippen LogP contribution in [-0.4, -0.2) is 11.0 Å². The van der Waals surface area contributed by atoms with Gasteiger partial charge in [0.1, 0.15) is 5.82 Å². The van der Waals surface area contributed by atoms with Crippen molar-refractivity contribution in [3.63, 3.8) is 0 Å². The van der Waals surface area contributed by atoms with Crippen LogP contribution in [0.15, 0.2) is 42.5 Å². The number of aliphatic hydroxyl groups is 1. The predicted molar refractivity (Wildman–Crippen MR) is 90.1 cm³/mol. The third-order valence-electron chi connectivity index (χ3n) is 3.84. The first-order chi connectivity index (χ1) is 11.1. The summed E-state index contributed by atoms with van der Waals surface area (Å²) in [5.74, 6) is -0.531. The Morgan fingerprint density at radius 2 is 1.91 bits per heavy atom. The van der Waals surface area contributed by atoms with Crippen LogP contribution in [0.25, 0.3) is 10.1 Å². The molecular weight excluding hydrogens is 313 g/mol. The smallest absolute Gasteiger partial charge is 0.261 e. The molecule has 1 heterocycles. The topological polar surface area (TPSA) is 49.3 Å². The number of benzene rings is 2. The van der Waals surface area contributed by atoms with Crippen molar-refractivity contribution in [3.8, 4) is 0 Å². The zero-order chi connectivity index (χ0) is 16.4. The van der Waals surface area contributed by atoms with Crippen LogP contribution >= 0.6 is 11.3 Å². The third-order valence-corrected chi connectivity index (χ3v) is 5.09. The first kappa shape index (κ1) is 15.6. The number of carbonyl (C=O) groups excluding carboxylic acids is 1. The molecule has 1 amide bonds. The van der Waals surface area contributed by atoms with Gasteiger partial charge in [0.25, 0.3) is 5.91 Å². The van der Waals surface area contributed by atoms with Gasteiger partial charge in [0.2, 0.25) is 0 Å². The standard InChI is InChI=1S/C18H16FNO2S/c1-11-16-14(19)7-4-8-15(16)23-17(11)18(22)20-9-12-5-2-3-6-13(12)10-21/h2-8,21H,9-10H2,1H3,(H,20,22). The van der Waals surface area contributed by atoms with Crippen LogP contribution in [0.3, 0.4) is 0 Å². The second-order valence-electron chi connectivity index (χ2n) is 5.28. The molecule has 3 rings (SSSR count). The molecule has 0 radical (unpaired) electrons. The summed E-state index contributed by atoms with van der Waals surface area (Å²) in [7, 11) is 0. The first-order valence-electron chi connectivity index (χ1n) is 7.25. The van der Waals surface area contributed by atoms with E-state index in [1.807, 2.05) is 30.3 Å². The molecule has 23 heavy (non-hydrogen) atoms. The van der Waals surface area contributed by atoms with E-state index in [2.05, 4.69) is 5.32 Å². The Labute approximate surface area is 137 Å². The predicted octanol–water partition coefficient (Wildman–Crippen LogP) is 3.77. The van der Waals surface area contributed by atoms with Gasteiger partial charge in [0.15, 0.2) is 0 Å². The highest BCUT2D eigenvalue weighted by atomic mass is 32.1. The Hall–Kier alpha value is -2.24. The average Bonchev–Trinajstić information content (AvgIpc) is 2.91. The second-order valence-corrected chi connectivity index (χ2v) is 6.33. The third kappa shape index (κ3) is 2.98. The molecular formula is C18H16FNO2S. The van der Waals surface area contributed by atoms with Crippen molar-refractivity contribution >= 4 is 27.3 Å². The van der Waals surface area contributed by atoms with E-state index in [0.717, 1.165) is 15.8 Å². The van der Waals surface area contributed by atoms with Crippen LogP contribution in [0.4, 0.5) is 4.39 Å². The first-order valence-corrected chi connectivity index (χ1v) is 8.07. The van der Waals surface area contributed by atoms with Gasteiger partial charge in [-0.25, -0.2) is 4.39 Å². The number of aryl methyl sites for hydroxylation is 1. The second kappa shape index (κ2) is 6.48. The van der Waals surface area contributed by atoms with E-state index < -0.39 is 0 Å². The van der Waals surface area contributed by atoms with Gasteiger partial charge in [-0.1, -0.05) is 30.3 Å². The lowest BCUT2D eigenvalue weighted by atomic mass is 10.1. The molecule has 3 nitrogen and oxygen atoms in total. The van der Waals surface area contributed by atoms with Gasteiger partial charge in [0.05, 0.1) is 11.5 Å². The van der Waals surface area contributed by atoms with Crippen molar-refractivity contribution in [1.82, 2.24) is 5.32 Å². The van der Waals surface area contributed by atoms with Crippen LogP contribution in [0.5, 0.6) is 0 Å². The van der Waals surface area contributed by atoms with Crippen molar-refractivity contribution in [1.29, 1.82) is 0 Å². The summed E-state index contributed by atoms with van der Waals surface area (Å²) in [5, 5.41) is 12.7. The fourth-order valence-electron chi connectivity index (χ4n) is 2.61. The molecule has 118 valence electrons. The summed E-state index contributed by atoms with van der Waals surface area (Å²) >= 11 is 1.29. The van der Waals surface area contributed by atoms with Crippen LogP contribution < -0.4 is 5.32 Å². The summed E-state index contributed by atoms with van der Waals surface area (Å²) in [6.07, 6.45) is 0. The molecule has 2 N–H and O–H groups in total. The Balaban J connectivity index is 1.84. The van der Waals surface area contributed by atoms with E-state index in [9.17, 15) is 14.3 Å². The number of hydrogen-bond donors (Lipinski definition) is 2. The molecule has 0 saturated heterocycles. The van der Waals surface area contributed by atoms with Crippen molar-refractivity contribution in [2.75, 3.05) is 0 Å². The number of carbonyl (C=O) groups is 1. The highest BCUT2D eigenvalue weighted by molar-refractivity contribution is 7.21. The molecule has 0 aliphatic heterocycles. The van der Waals surface area contributed by atoms with Crippen LogP contribution in [-0.2, 0) is 13.2 Å². The zero-order valence-electron chi connectivity index (χ0n) is 12.6. The van der Waals surface area contributed by atoms with Gasteiger partial charge >= 0.3 is 0 Å². The minimum absolute atomic E-state index is 0.0703. The Kier molecular flexibility index (Phi) is 4.41. The number of fused-ring (bicyclic) bond motifs is 1. The lowest BCUT2D eigenvalue weighted by Crippen LogP contribution is -2.23. The quantitative estimate of drug-likeness (QED) is 0.765. The normalized spacial score (nSPS) is 10.9. The molecule has 0 saturated carbocycles. The number of rotatable bonds is 4. The van der Waals surface area contributed by atoms with E-state index in [4.69, 9.17) is 0 Å². The fraction of sp³-hybridized carbons (Fsp3) is 0.167. The van der Waals surface area contributed by atoms with Gasteiger partial charge in [-0.2, -0.15) is 0 Å². The Bertz CT molecular complexity index is 873. The van der Waals surface area contributed by atoms with Gasteiger partial charge < -0.3 is 10.4 Å². The molecule has 0 bridgehead atoms. The summed E-state index contributed by atoms with van der Waals surface area (Å²) in [6, 6.07) is 12.3. The SMILES string of the molecule is Cc1c(C(=O)NCc2ccccc2CO)sc2cccc(F)c12. The molecule has 0 spiro atoms. The van der Waals surface area contributed by atoms with Crippen molar-refractivity contribution in [3.05, 3.63) is 69.8 Å². The summed E-state index contributed by atoms with van der Waals surface area (Å²) in [5.41, 5.74) is 2.32. The number of halogens is 1. The van der Waals surface area contributed by atoms with Crippen molar-refractivity contribution in [2.45, 2.75) is 20.1 Å². The minimum Gasteiger partial charge on any atom is -0.392 e. The van der Waals surface area contributed by atoms with Gasteiger partial charge in [0, 0.05) is 16.6 Å². The summed E-state index contributed by atoms with van der Waals surface area (Å²) < 4.78 is 14.7. The number of amides is 1. The van der Waals surface area contributed by atoms with E-state index in [0.29, 0.717) is 22.4 Å². The van der Waals surface area contributed by atoms with Gasteiger partial charge in [-0.3, -0.25) is 4.79 Å². The molecule has 0 aliphatic rings. The zero-order valence-corrected chi connectivity index (χ0v) is 13.4. The molecule has 0 aliphatic carbocycles. The minimum atomic E-state index is -0.305. The average molecular weight is 329 g/mol. The Morgan fingerprint density at radius 1 is 1.17 bits per heavy atom. The number of thiophene rings is 1. The molecule has 1 aromatic heterocycles. The molecule has 0 fully saturated rings. The monoisotopic (exact) mass is 329 g/mol. The maximum Gasteiger partial charge on any atom is 0.261 e. The number of nitrogens with one attached hydrogen (secondary N) is 1. The van der Waals surface area contributed by atoms with Crippen molar-refractivity contribution < 1.29 is 14.3 Å². The fourth-order valence-corrected chi connectivity index (χ4v) is 3.75. The maximum absolute atomic E-state index is 13.9. The summed E-state index contributed by atoms with van der Waals surface area (Å²) in [6.45, 7) is 2.02. The lowest BCUT2D eigenvalue weighted by molar-refractivity contribution is 0.0954. The van der Waals surface area contributed by atoms with Crippen molar-refractivity contribution in [2.24, 2.45) is 0 Å². The summed E-state index contributed by atoms with van der Waals surface area (Å²) in [4.78, 5) is 13.0. The van der Waals surface area contributed by atoms with Gasteiger partial charge in [-0.15, -0.1) is 11.3 Å². The molecule has 0 atom stereocenters. The Morgan fingerprint density at radius 3 is 2.61 bits per heavy atom. The lowest BCUT2D eigenvalue weighted by Gasteiger charge is -2.08. The van der Waals surface area contributed by atoms with E-state index in [-0.39, 0.29) is 18.3 Å². The van der Waals surface area contributed by atoms with E-state index in [1.165, 1.54) is 17.4 Å². The van der Waals surface area contributed by atoms with E-state index >= 15 is 0 Å². The van der Waals surface area contributed by atoms with E-state index in [1.54, 1.807) is 13.0 Å². The molecule has 2 aromatic carbocycles. The molecule has 5 heteroatoms. The number of hydrogen-bond acceptors (Lipinski definition) is 3.